The van der Waals surface area contributed by atoms with Crippen molar-refractivity contribution < 1.29 is 4.79 Å². The van der Waals surface area contributed by atoms with Crippen molar-refractivity contribution in [3.05, 3.63) is 29.1 Å². The quantitative estimate of drug-likeness (QED) is 0.773. The molecule has 0 atom stereocenters. The summed E-state index contributed by atoms with van der Waals surface area (Å²) in [4.78, 5) is 15.9. The summed E-state index contributed by atoms with van der Waals surface area (Å²) in [6, 6.07) is 1.99. The zero-order valence-electron chi connectivity index (χ0n) is 10.8. The standard InChI is InChI=1S/C11H15N7O/c1-7-3-9(4-13-8(7)2)5-14-10(19)6-18-11(12)15-16-17-18/h3-4H,5-6H2,1-2H3,(H,14,19)(H2,12,15,17). The van der Waals surface area contributed by atoms with E-state index in [1.165, 1.54) is 4.68 Å². The maximum Gasteiger partial charge on any atom is 0.242 e. The van der Waals surface area contributed by atoms with Gasteiger partial charge in [0.2, 0.25) is 11.9 Å². The van der Waals surface area contributed by atoms with Gasteiger partial charge >= 0.3 is 0 Å². The highest BCUT2D eigenvalue weighted by Crippen LogP contribution is 2.06. The highest BCUT2D eigenvalue weighted by atomic mass is 16.2. The topological polar surface area (TPSA) is 112 Å². The Labute approximate surface area is 110 Å². The molecule has 8 heteroatoms. The van der Waals surface area contributed by atoms with Crippen molar-refractivity contribution >= 4 is 11.9 Å². The first-order chi connectivity index (χ1) is 9.06. The zero-order valence-corrected chi connectivity index (χ0v) is 10.8. The van der Waals surface area contributed by atoms with Crippen LogP contribution in [0.25, 0.3) is 0 Å². The molecule has 0 unspecified atom stereocenters. The van der Waals surface area contributed by atoms with Gasteiger partial charge in [0.25, 0.3) is 0 Å². The lowest BCUT2D eigenvalue weighted by atomic mass is 10.1. The average molecular weight is 261 g/mol. The molecule has 0 bridgehead atoms. The second-order valence-electron chi connectivity index (χ2n) is 4.22. The van der Waals surface area contributed by atoms with E-state index in [1.807, 2.05) is 19.9 Å². The van der Waals surface area contributed by atoms with E-state index in [-0.39, 0.29) is 18.4 Å². The number of nitrogens with zero attached hydrogens (tertiary/aromatic N) is 5. The molecule has 0 radical (unpaired) electrons. The third kappa shape index (κ3) is 3.24. The highest BCUT2D eigenvalue weighted by molar-refractivity contribution is 5.75. The monoisotopic (exact) mass is 261 g/mol. The number of carbonyl (C=O) groups excluding carboxylic acids is 1. The molecule has 0 saturated carbocycles. The Balaban J connectivity index is 1.90. The van der Waals surface area contributed by atoms with Gasteiger partial charge in [0.05, 0.1) is 0 Å². The fourth-order valence-electron chi connectivity index (χ4n) is 1.51. The summed E-state index contributed by atoms with van der Waals surface area (Å²) < 4.78 is 1.23. The Hall–Kier alpha value is -2.51. The van der Waals surface area contributed by atoms with Crippen LogP contribution in [-0.2, 0) is 17.9 Å². The van der Waals surface area contributed by atoms with Gasteiger partial charge in [-0.1, -0.05) is 11.2 Å². The van der Waals surface area contributed by atoms with Crippen LogP contribution in [0.2, 0.25) is 0 Å². The molecule has 2 aromatic heterocycles. The Kier molecular flexibility index (Phi) is 3.69. The Morgan fingerprint density at radius 1 is 1.47 bits per heavy atom. The number of amides is 1. The van der Waals surface area contributed by atoms with Gasteiger partial charge < -0.3 is 11.1 Å². The van der Waals surface area contributed by atoms with Crippen LogP contribution in [0, 0.1) is 13.8 Å². The van der Waals surface area contributed by atoms with E-state index >= 15 is 0 Å². The van der Waals surface area contributed by atoms with Crippen molar-refractivity contribution in [1.82, 2.24) is 30.5 Å². The van der Waals surface area contributed by atoms with Crippen molar-refractivity contribution in [2.75, 3.05) is 5.73 Å². The van der Waals surface area contributed by atoms with Crippen LogP contribution < -0.4 is 11.1 Å². The molecule has 2 aromatic rings. The largest absolute Gasteiger partial charge is 0.367 e. The van der Waals surface area contributed by atoms with Crippen molar-refractivity contribution in [2.24, 2.45) is 0 Å². The average Bonchev–Trinajstić information content (AvgIpc) is 2.77. The van der Waals surface area contributed by atoms with Gasteiger partial charge in [-0.3, -0.25) is 9.78 Å². The second-order valence-corrected chi connectivity index (χ2v) is 4.22. The lowest BCUT2D eigenvalue weighted by molar-refractivity contribution is -0.122. The van der Waals surface area contributed by atoms with Gasteiger partial charge in [0.1, 0.15) is 6.54 Å². The number of hydrogen-bond donors (Lipinski definition) is 2. The van der Waals surface area contributed by atoms with Crippen molar-refractivity contribution in [1.29, 1.82) is 0 Å². The molecule has 0 aliphatic rings. The first kappa shape index (κ1) is 12.9. The maximum absolute atomic E-state index is 11.7. The highest BCUT2D eigenvalue weighted by Gasteiger charge is 2.07. The summed E-state index contributed by atoms with van der Waals surface area (Å²) in [5, 5.41) is 13.2. The number of hydrogen-bond acceptors (Lipinski definition) is 6. The Morgan fingerprint density at radius 3 is 2.89 bits per heavy atom. The fourth-order valence-corrected chi connectivity index (χ4v) is 1.51. The maximum atomic E-state index is 11.7. The molecule has 19 heavy (non-hydrogen) atoms. The summed E-state index contributed by atoms with van der Waals surface area (Å²) in [6.45, 7) is 4.33. The number of aryl methyl sites for hydroxylation is 2. The molecule has 1 amide bonds. The molecule has 2 rings (SSSR count). The number of nitrogens with one attached hydrogen (secondary N) is 1. The molecular formula is C11H15N7O. The Bertz CT molecular complexity index is 592. The van der Waals surface area contributed by atoms with E-state index in [4.69, 9.17) is 5.73 Å². The number of pyridine rings is 1. The lowest BCUT2D eigenvalue weighted by Crippen LogP contribution is -2.28. The van der Waals surface area contributed by atoms with Crippen LogP contribution in [0.3, 0.4) is 0 Å². The van der Waals surface area contributed by atoms with Crippen LogP contribution in [0.1, 0.15) is 16.8 Å². The number of nitrogen functional groups attached to an aromatic ring is 1. The molecule has 0 spiro atoms. The summed E-state index contributed by atoms with van der Waals surface area (Å²) in [5.74, 6) is -0.0970. The summed E-state index contributed by atoms with van der Waals surface area (Å²) in [5.41, 5.74) is 8.49. The number of nitrogens with two attached hydrogens (primary N) is 1. The molecule has 100 valence electrons. The minimum absolute atomic E-state index is 0.00287. The molecule has 0 fully saturated rings. The van der Waals surface area contributed by atoms with Crippen LogP contribution in [-0.4, -0.2) is 31.1 Å². The van der Waals surface area contributed by atoms with Crippen LogP contribution in [0.5, 0.6) is 0 Å². The Morgan fingerprint density at radius 2 is 2.26 bits per heavy atom. The molecule has 0 saturated heterocycles. The summed E-state index contributed by atoms with van der Waals surface area (Å²) in [6.07, 6.45) is 1.74. The number of rotatable bonds is 4. The first-order valence-corrected chi connectivity index (χ1v) is 5.76. The molecule has 0 aromatic carbocycles. The van der Waals surface area contributed by atoms with E-state index < -0.39 is 0 Å². The van der Waals surface area contributed by atoms with Crippen molar-refractivity contribution in [3.63, 3.8) is 0 Å². The smallest absolute Gasteiger partial charge is 0.242 e. The molecule has 8 nitrogen and oxygen atoms in total. The van der Waals surface area contributed by atoms with Gasteiger partial charge in [-0.25, -0.2) is 4.68 Å². The minimum atomic E-state index is -0.211. The summed E-state index contributed by atoms with van der Waals surface area (Å²) >= 11 is 0. The lowest BCUT2D eigenvalue weighted by Gasteiger charge is -2.07. The number of carbonyl (C=O) groups is 1. The zero-order chi connectivity index (χ0) is 13.8. The third-order valence-corrected chi connectivity index (χ3v) is 2.74. The number of anilines is 1. The van der Waals surface area contributed by atoms with Crippen LogP contribution >= 0.6 is 0 Å². The van der Waals surface area contributed by atoms with E-state index in [1.54, 1.807) is 6.20 Å². The molecule has 0 aliphatic heterocycles. The van der Waals surface area contributed by atoms with E-state index in [0.29, 0.717) is 6.54 Å². The van der Waals surface area contributed by atoms with Gasteiger partial charge in [-0.05, 0) is 35.4 Å². The first-order valence-electron chi connectivity index (χ1n) is 5.76. The number of aromatic nitrogens is 5. The SMILES string of the molecule is Cc1cc(CNC(=O)Cn2nnnc2N)cnc1C. The van der Waals surface area contributed by atoms with Gasteiger partial charge in [-0.15, -0.1) is 0 Å². The van der Waals surface area contributed by atoms with Gasteiger partial charge in [0, 0.05) is 18.4 Å². The minimum Gasteiger partial charge on any atom is -0.367 e. The molecule has 3 N–H and O–H groups in total. The predicted octanol–water partition coefficient (Wildman–Crippen LogP) is -0.416. The fraction of sp³-hybridized carbons (Fsp3) is 0.364. The van der Waals surface area contributed by atoms with E-state index in [9.17, 15) is 4.79 Å². The van der Waals surface area contributed by atoms with Crippen LogP contribution in [0.15, 0.2) is 12.3 Å². The third-order valence-electron chi connectivity index (χ3n) is 2.74. The van der Waals surface area contributed by atoms with Crippen molar-refractivity contribution in [3.8, 4) is 0 Å². The molecular weight excluding hydrogens is 246 g/mol. The normalized spacial score (nSPS) is 10.4. The van der Waals surface area contributed by atoms with Gasteiger partial charge in [0.15, 0.2) is 0 Å². The second kappa shape index (κ2) is 5.42. The summed E-state index contributed by atoms with van der Waals surface area (Å²) in [7, 11) is 0. The van der Waals surface area contributed by atoms with E-state index in [0.717, 1.165) is 16.8 Å². The van der Waals surface area contributed by atoms with Crippen LogP contribution in [0.4, 0.5) is 5.95 Å². The molecule has 2 heterocycles. The van der Waals surface area contributed by atoms with Crippen molar-refractivity contribution in [2.45, 2.75) is 26.9 Å². The molecule has 0 aliphatic carbocycles. The predicted molar refractivity (Wildman–Crippen MR) is 67.8 cm³/mol. The van der Waals surface area contributed by atoms with Gasteiger partial charge in [-0.2, -0.15) is 0 Å². The number of tetrazole rings is 1. The van der Waals surface area contributed by atoms with E-state index in [2.05, 4.69) is 25.8 Å².